The molecule has 0 aliphatic heterocycles. The first-order chi connectivity index (χ1) is 4.47. The van der Waals surface area contributed by atoms with Gasteiger partial charge < -0.3 is 18.7 Å². The summed E-state index contributed by atoms with van der Waals surface area (Å²) < 4.78 is 35.0. The fraction of sp³-hybridized carbons (Fsp3) is 1.00. The maximum Gasteiger partial charge on any atom is 0.478 e. The third-order valence-electron chi connectivity index (χ3n) is 1.87. The third-order valence-corrected chi connectivity index (χ3v) is 1.87. The van der Waals surface area contributed by atoms with E-state index in [9.17, 15) is 12.9 Å². The topological polar surface area (TPSA) is 26.0 Å². The van der Waals surface area contributed by atoms with E-state index in [-0.39, 0.29) is 12.0 Å². The van der Waals surface area contributed by atoms with Crippen molar-refractivity contribution >= 4 is 6.98 Å². The molecule has 0 amide bonds. The lowest BCUT2D eigenvalue weighted by Gasteiger charge is -2.35. The van der Waals surface area contributed by atoms with Crippen LogP contribution in [-0.4, -0.2) is 13.0 Å². The Morgan fingerprint density at radius 3 is 2.10 bits per heavy atom. The molecule has 0 radical (unpaired) electrons. The fourth-order valence-corrected chi connectivity index (χ4v) is 1.36. The quantitative estimate of drug-likeness (QED) is 0.597. The summed E-state index contributed by atoms with van der Waals surface area (Å²) in [6, 6.07) is 0.0307. The molecular formula is C5H10BF3N-. The van der Waals surface area contributed by atoms with Gasteiger partial charge in [0.25, 0.3) is 0 Å². The molecule has 1 aliphatic carbocycles. The summed E-state index contributed by atoms with van der Waals surface area (Å²) in [4.78, 5) is 0. The average molecular weight is 152 g/mol. The summed E-state index contributed by atoms with van der Waals surface area (Å²) in [6.45, 7) is -4.57. The van der Waals surface area contributed by atoms with E-state index in [4.69, 9.17) is 5.73 Å². The summed E-state index contributed by atoms with van der Waals surface area (Å²) in [5.41, 5.74) is 5.33. The molecule has 1 rings (SSSR count). The van der Waals surface area contributed by atoms with Gasteiger partial charge in [-0.25, -0.2) is 0 Å². The van der Waals surface area contributed by atoms with Crippen molar-refractivity contribution in [1.29, 1.82) is 0 Å². The maximum absolute atomic E-state index is 11.7. The highest BCUT2D eigenvalue weighted by molar-refractivity contribution is 6.58. The predicted molar refractivity (Wildman–Crippen MR) is 34.6 cm³/mol. The average Bonchev–Trinajstić information content (AvgIpc) is 1.57. The van der Waals surface area contributed by atoms with Crippen molar-refractivity contribution in [3.8, 4) is 0 Å². The molecule has 60 valence electrons. The van der Waals surface area contributed by atoms with Crippen molar-refractivity contribution in [2.45, 2.75) is 25.2 Å². The molecular weight excluding hydrogens is 142 g/mol. The normalized spacial score (nSPS) is 33.6. The molecule has 0 spiro atoms. The standard InChI is InChI=1S/C5H10BF3N/c7-6(8,9)3-4-1-5(10)2-4/h4-5H,1-3,10H2/q-1. The molecule has 2 N–H and O–H groups in total. The van der Waals surface area contributed by atoms with Gasteiger partial charge in [-0.15, -0.1) is 0 Å². The molecule has 1 aliphatic rings. The molecule has 1 fully saturated rings. The van der Waals surface area contributed by atoms with Gasteiger partial charge in [-0.3, -0.25) is 0 Å². The smallest absolute Gasteiger partial charge is 0.449 e. The highest BCUT2D eigenvalue weighted by Gasteiger charge is 2.33. The van der Waals surface area contributed by atoms with Crippen LogP contribution in [0.25, 0.3) is 0 Å². The predicted octanol–water partition coefficient (Wildman–Crippen LogP) is 1.57. The third kappa shape index (κ3) is 2.21. The van der Waals surface area contributed by atoms with Gasteiger partial charge in [0.2, 0.25) is 0 Å². The Hall–Kier alpha value is -0.185. The van der Waals surface area contributed by atoms with Crippen LogP contribution in [0.2, 0.25) is 6.32 Å². The number of hydrogen-bond donors (Lipinski definition) is 1. The van der Waals surface area contributed by atoms with E-state index in [1.54, 1.807) is 0 Å². The monoisotopic (exact) mass is 152 g/mol. The highest BCUT2D eigenvalue weighted by Crippen LogP contribution is 2.34. The molecule has 0 unspecified atom stereocenters. The second-order valence-electron chi connectivity index (χ2n) is 3.04. The number of hydrogen-bond acceptors (Lipinski definition) is 1. The zero-order valence-electron chi connectivity index (χ0n) is 5.56. The van der Waals surface area contributed by atoms with Crippen LogP contribution in [-0.2, 0) is 0 Å². The Morgan fingerprint density at radius 1 is 1.30 bits per heavy atom. The van der Waals surface area contributed by atoms with Crippen LogP contribution in [0.15, 0.2) is 0 Å². The largest absolute Gasteiger partial charge is 0.478 e. The van der Waals surface area contributed by atoms with Crippen LogP contribution in [0.3, 0.4) is 0 Å². The Kier molecular flexibility index (Phi) is 1.94. The molecule has 0 aromatic rings. The minimum Gasteiger partial charge on any atom is -0.449 e. The van der Waals surface area contributed by atoms with Crippen LogP contribution in [0.4, 0.5) is 12.9 Å². The molecule has 0 aromatic heterocycles. The van der Waals surface area contributed by atoms with Crippen molar-refractivity contribution in [1.82, 2.24) is 0 Å². The van der Waals surface area contributed by atoms with Gasteiger partial charge in [-0.1, -0.05) is 12.2 Å². The van der Waals surface area contributed by atoms with E-state index in [0.717, 1.165) is 0 Å². The Balaban J connectivity index is 2.16. The van der Waals surface area contributed by atoms with E-state index >= 15 is 0 Å². The molecule has 5 heteroatoms. The van der Waals surface area contributed by atoms with Crippen LogP contribution in [0, 0.1) is 5.92 Å². The van der Waals surface area contributed by atoms with Crippen LogP contribution in [0.1, 0.15) is 12.8 Å². The van der Waals surface area contributed by atoms with E-state index < -0.39 is 13.3 Å². The summed E-state index contributed by atoms with van der Waals surface area (Å²) in [5, 5.41) is 0. The summed E-state index contributed by atoms with van der Waals surface area (Å²) in [7, 11) is 0. The lowest BCUT2D eigenvalue weighted by Crippen LogP contribution is -2.39. The van der Waals surface area contributed by atoms with Gasteiger partial charge in [-0.2, -0.15) is 0 Å². The highest BCUT2D eigenvalue weighted by atomic mass is 19.4. The van der Waals surface area contributed by atoms with E-state index in [1.807, 2.05) is 0 Å². The number of nitrogens with two attached hydrogens (primary N) is 1. The van der Waals surface area contributed by atoms with Gasteiger partial charge in [-0.05, 0) is 12.8 Å². The Labute approximate surface area is 57.8 Å². The zero-order chi connectivity index (χ0) is 7.78. The van der Waals surface area contributed by atoms with Gasteiger partial charge >= 0.3 is 6.98 Å². The SMILES string of the molecule is NC1CC(C[B-](F)(F)F)C1. The summed E-state index contributed by atoms with van der Waals surface area (Å²) in [6.07, 6.45) is 0.524. The second kappa shape index (κ2) is 2.45. The lowest BCUT2D eigenvalue weighted by atomic mass is 9.67. The molecule has 10 heavy (non-hydrogen) atoms. The molecule has 1 saturated carbocycles. The number of halogens is 3. The van der Waals surface area contributed by atoms with Crippen molar-refractivity contribution in [2.24, 2.45) is 11.7 Å². The van der Waals surface area contributed by atoms with Gasteiger partial charge in [0.05, 0.1) is 0 Å². The summed E-state index contributed by atoms with van der Waals surface area (Å²) in [5.74, 6) is -0.171. The second-order valence-corrected chi connectivity index (χ2v) is 3.04. The van der Waals surface area contributed by atoms with Crippen molar-refractivity contribution < 1.29 is 12.9 Å². The lowest BCUT2D eigenvalue weighted by molar-refractivity contribution is 0.268. The van der Waals surface area contributed by atoms with E-state index in [1.165, 1.54) is 0 Å². The van der Waals surface area contributed by atoms with E-state index in [0.29, 0.717) is 12.8 Å². The molecule has 0 saturated heterocycles. The minimum atomic E-state index is -4.57. The van der Waals surface area contributed by atoms with Crippen LogP contribution in [0.5, 0.6) is 0 Å². The molecule has 0 aromatic carbocycles. The first-order valence-corrected chi connectivity index (χ1v) is 3.44. The van der Waals surface area contributed by atoms with Crippen LogP contribution < -0.4 is 5.73 Å². The maximum atomic E-state index is 11.7. The van der Waals surface area contributed by atoms with Crippen LogP contribution >= 0.6 is 0 Å². The van der Waals surface area contributed by atoms with Crippen molar-refractivity contribution in [3.63, 3.8) is 0 Å². The minimum absolute atomic E-state index is 0.0307. The molecule has 1 nitrogen and oxygen atoms in total. The molecule has 0 bridgehead atoms. The fourth-order valence-electron chi connectivity index (χ4n) is 1.36. The van der Waals surface area contributed by atoms with E-state index in [2.05, 4.69) is 0 Å². The molecule has 0 atom stereocenters. The van der Waals surface area contributed by atoms with Crippen molar-refractivity contribution in [2.75, 3.05) is 0 Å². The Bertz CT molecular complexity index is 119. The molecule has 0 heterocycles. The van der Waals surface area contributed by atoms with Gasteiger partial charge in [0.1, 0.15) is 0 Å². The van der Waals surface area contributed by atoms with Gasteiger partial charge in [0, 0.05) is 6.04 Å². The first kappa shape index (κ1) is 7.92. The van der Waals surface area contributed by atoms with Crippen molar-refractivity contribution in [3.05, 3.63) is 0 Å². The van der Waals surface area contributed by atoms with Gasteiger partial charge in [0.15, 0.2) is 0 Å². The Morgan fingerprint density at radius 2 is 1.80 bits per heavy atom. The summed E-state index contributed by atoms with van der Waals surface area (Å²) >= 11 is 0. The zero-order valence-corrected chi connectivity index (χ0v) is 5.56. The first-order valence-electron chi connectivity index (χ1n) is 3.44. The number of rotatable bonds is 2.